The molecule has 2 heteroatoms. The second-order valence-corrected chi connectivity index (χ2v) is 1.80. The van der Waals surface area contributed by atoms with Crippen LogP contribution in [0.1, 0.15) is 5.69 Å². The molecule has 1 aliphatic heterocycles. The molecule has 1 aliphatic rings. The van der Waals surface area contributed by atoms with Crippen LogP contribution in [0.15, 0.2) is 12.3 Å². The van der Waals surface area contributed by atoms with Gasteiger partial charge in [-0.15, -0.1) is 0 Å². The Kier molecular flexibility index (Phi) is 0.410. The fraction of sp³-hybridized carbons (Fsp3) is 0.400. The van der Waals surface area contributed by atoms with Crippen molar-refractivity contribution in [1.29, 1.82) is 0 Å². The van der Waals surface area contributed by atoms with Gasteiger partial charge < -0.3 is 0 Å². The van der Waals surface area contributed by atoms with Gasteiger partial charge in [0.2, 0.25) is 0 Å². The van der Waals surface area contributed by atoms with Crippen molar-refractivity contribution in [1.82, 2.24) is 9.78 Å². The highest BCUT2D eigenvalue weighted by atomic mass is 15.3. The second-order valence-electron chi connectivity index (χ2n) is 1.80. The van der Waals surface area contributed by atoms with E-state index in [2.05, 4.69) is 11.2 Å². The lowest BCUT2D eigenvalue weighted by molar-refractivity contribution is 0.491. The standard InChI is InChI=1S/C5H6N2/c1-3-6-7-4-2-5(1)7/h1,3H,2,4H2. The Labute approximate surface area is 41.8 Å². The van der Waals surface area contributed by atoms with Crippen molar-refractivity contribution in [2.45, 2.75) is 13.0 Å². The van der Waals surface area contributed by atoms with Gasteiger partial charge in [-0.2, -0.15) is 5.10 Å². The molecule has 2 heterocycles. The molecule has 0 amide bonds. The van der Waals surface area contributed by atoms with Crippen LogP contribution in [0.3, 0.4) is 0 Å². The van der Waals surface area contributed by atoms with E-state index in [1.807, 2.05) is 10.9 Å². The third-order valence-electron chi connectivity index (χ3n) is 1.38. The lowest BCUT2D eigenvalue weighted by Crippen LogP contribution is -2.17. The average molecular weight is 94.1 g/mol. The van der Waals surface area contributed by atoms with Crippen molar-refractivity contribution in [2.75, 3.05) is 0 Å². The largest absolute Gasteiger partial charge is 0.269 e. The number of aryl methyl sites for hydroxylation is 2. The lowest BCUT2D eigenvalue weighted by Gasteiger charge is -2.13. The smallest absolute Gasteiger partial charge is 0.0492 e. The molecule has 0 atom stereocenters. The molecule has 0 unspecified atom stereocenters. The minimum Gasteiger partial charge on any atom is -0.269 e. The molecule has 7 heavy (non-hydrogen) atoms. The van der Waals surface area contributed by atoms with Crippen molar-refractivity contribution < 1.29 is 0 Å². The van der Waals surface area contributed by atoms with E-state index in [4.69, 9.17) is 0 Å². The monoisotopic (exact) mass is 94.1 g/mol. The van der Waals surface area contributed by atoms with Crippen LogP contribution in [-0.4, -0.2) is 9.78 Å². The zero-order chi connectivity index (χ0) is 4.69. The maximum atomic E-state index is 4.02. The Bertz CT molecular complexity index is 159. The van der Waals surface area contributed by atoms with Gasteiger partial charge in [0, 0.05) is 24.9 Å². The van der Waals surface area contributed by atoms with Crippen molar-refractivity contribution >= 4 is 0 Å². The highest BCUT2D eigenvalue weighted by Crippen LogP contribution is 2.09. The molecule has 0 fully saturated rings. The molecule has 0 saturated carbocycles. The van der Waals surface area contributed by atoms with Gasteiger partial charge in [0.15, 0.2) is 0 Å². The van der Waals surface area contributed by atoms with Gasteiger partial charge in [-0.05, 0) is 6.07 Å². The molecule has 0 bridgehead atoms. The Morgan fingerprint density at radius 1 is 1.71 bits per heavy atom. The fourth-order valence-corrected chi connectivity index (χ4v) is 0.842. The second kappa shape index (κ2) is 0.886. The van der Waals surface area contributed by atoms with E-state index in [9.17, 15) is 0 Å². The van der Waals surface area contributed by atoms with E-state index in [1.54, 1.807) is 0 Å². The summed E-state index contributed by atoms with van der Waals surface area (Å²) in [5, 5.41) is 4.02. The number of aromatic nitrogens is 2. The summed E-state index contributed by atoms with van der Waals surface area (Å²) in [6.45, 7) is 1.13. The number of hydrogen-bond donors (Lipinski definition) is 0. The quantitative estimate of drug-likeness (QED) is 0.456. The summed E-state index contributed by atoms with van der Waals surface area (Å²) in [7, 11) is 0. The van der Waals surface area contributed by atoms with Crippen molar-refractivity contribution in [3.63, 3.8) is 0 Å². The van der Waals surface area contributed by atoms with E-state index in [-0.39, 0.29) is 0 Å². The first-order chi connectivity index (χ1) is 3.47. The van der Waals surface area contributed by atoms with Crippen LogP contribution in [0.5, 0.6) is 0 Å². The first kappa shape index (κ1) is 3.24. The van der Waals surface area contributed by atoms with E-state index in [0.717, 1.165) is 6.54 Å². The van der Waals surface area contributed by atoms with Gasteiger partial charge in [0.05, 0.1) is 0 Å². The van der Waals surface area contributed by atoms with Crippen LogP contribution in [0.25, 0.3) is 0 Å². The highest BCUT2D eigenvalue weighted by Gasteiger charge is 2.09. The molecule has 0 aliphatic carbocycles. The molecule has 2 rings (SSSR count). The first-order valence-electron chi connectivity index (χ1n) is 2.47. The van der Waals surface area contributed by atoms with Crippen LogP contribution in [-0.2, 0) is 13.0 Å². The maximum absolute atomic E-state index is 4.02. The SMILES string of the molecule is c1cc2n(n1)CC2. The Morgan fingerprint density at radius 3 is 3.00 bits per heavy atom. The predicted molar refractivity (Wildman–Crippen MR) is 25.9 cm³/mol. The van der Waals surface area contributed by atoms with E-state index >= 15 is 0 Å². The lowest BCUT2D eigenvalue weighted by atomic mass is 10.2. The molecule has 0 aromatic carbocycles. The number of fused-ring (bicyclic) bond motifs is 1. The van der Waals surface area contributed by atoms with Gasteiger partial charge in [-0.1, -0.05) is 0 Å². The number of nitrogens with zero attached hydrogens (tertiary/aromatic N) is 2. The molecule has 36 valence electrons. The first-order valence-corrected chi connectivity index (χ1v) is 2.47. The normalized spacial score (nSPS) is 15.4. The van der Waals surface area contributed by atoms with Crippen LogP contribution >= 0.6 is 0 Å². The predicted octanol–water partition coefficient (Wildman–Crippen LogP) is 0.439. The van der Waals surface area contributed by atoms with Gasteiger partial charge in [0.1, 0.15) is 0 Å². The third-order valence-corrected chi connectivity index (χ3v) is 1.38. The van der Waals surface area contributed by atoms with Crippen LogP contribution in [0.4, 0.5) is 0 Å². The zero-order valence-corrected chi connectivity index (χ0v) is 3.96. The van der Waals surface area contributed by atoms with E-state index < -0.39 is 0 Å². The van der Waals surface area contributed by atoms with Crippen LogP contribution in [0.2, 0.25) is 0 Å². The minimum absolute atomic E-state index is 1.13. The summed E-state index contributed by atoms with van der Waals surface area (Å²) in [6, 6.07) is 2.06. The summed E-state index contributed by atoms with van der Waals surface area (Å²) in [5.41, 5.74) is 1.38. The summed E-state index contributed by atoms with van der Waals surface area (Å²) < 4.78 is 2.01. The molecular formula is C5H6N2. The summed E-state index contributed by atoms with van der Waals surface area (Å²) >= 11 is 0. The third kappa shape index (κ3) is 0.266. The molecule has 1 aromatic heterocycles. The fourth-order valence-electron chi connectivity index (χ4n) is 0.842. The zero-order valence-electron chi connectivity index (χ0n) is 3.96. The van der Waals surface area contributed by atoms with E-state index in [1.165, 1.54) is 12.1 Å². The van der Waals surface area contributed by atoms with Gasteiger partial charge in [0.25, 0.3) is 0 Å². The average Bonchev–Trinajstić information content (AvgIpc) is 1.85. The molecule has 0 saturated heterocycles. The van der Waals surface area contributed by atoms with Crippen LogP contribution < -0.4 is 0 Å². The number of hydrogen-bond acceptors (Lipinski definition) is 1. The molecule has 2 nitrogen and oxygen atoms in total. The molecule has 0 spiro atoms. The van der Waals surface area contributed by atoms with Crippen LogP contribution in [0, 0.1) is 0 Å². The topological polar surface area (TPSA) is 17.8 Å². The van der Waals surface area contributed by atoms with Gasteiger partial charge in [-0.25, -0.2) is 0 Å². The summed E-state index contributed by atoms with van der Waals surface area (Å²) in [4.78, 5) is 0. The van der Waals surface area contributed by atoms with Gasteiger partial charge >= 0.3 is 0 Å². The molecular weight excluding hydrogens is 88.1 g/mol. The van der Waals surface area contributed by atoms with Gasteiger partial charge in [-0.3, -0.25) is 4.68 Å². The molecule has 0 N–H and O–H groups in total. The summed E-state index contributed by atoms with van der Waals surface area (Å²) in [6.07, 6.45) is 3.07. The van der Waals surface area contributed by atoms with Crippen molar-refractivity contribution in [3.05, 3.63) is 18.0 Å². The maximum Gasteiger partial charge on any atom is 0.0492 e. The van der Waals surface area contributed by atoms with Crippen molar-refractivity contribution in [2.24, 2.45) is 0 Å². The Hall–Kier alpha value is -0.790. The Morgan fingerprint density at radius 2 is 2.71 bits per heavy atom. The summed E-state index contributed by atoms with van der Waals surface area (Å²) in [5.74, 6) is 0. The van der Waals surface area contributed by atoms with Crippen molar-refractivity contribution in [3.8, 4) is 0 Å². The Balaban J connectivity index is 2.69. The highest BCUT2D eigenvalue weighted by molar-refractivity contribution is 5.06. The minimum atomic E-state index is 1.13. The molecule has 0 radical (unpaired) electrons. The number of rotatable bonds is 0. The van der Waals surface area contributed by atoms with E-state index in [0.29, 0.717) is 0 Å². The molecule has 1 aromatic rings.